The van der Waals surface area contributed by atoms with E-state index in [-0.39, 0.29) is 31.1 Å². The molecular formula is C28H33ClN6O5. The van der Waals surface area contributed by atoms with E-state index in [9.17, 15) is 15.0 Å². The van der Waals surface area contributed by atoms with Crippen LogP contribution in [0.25, 0.3) is 11.3 Å². The third-order valence-corrected chi connectivity index (χ3v) is 7.63. The average molecular weight is 569 g/mol. The largest absolute Gasteiger partial charge is 0.481 e. The number of hydrogen-bond acceptors (Lipinski definition) is 10. The molecule has 0 radical (unpaired) electrons. The quantitative estimate of drug-likeness (QED) is 0.304. The summed E-state index contributed by atoms with van der Waals surface area (Å²) in [6.07, 6.45) is 2.31. The molecule has 12 heteroatoms. The SMILES string of the molecule is COc1cccc([C@@H](CO)NC(=O)CN2C(C)c3ccc(-c4nc(NC5CCOCC5)ncc4Cl)cc3C2O)n1. The molecule has 40 heavy (non-hydrogen) atoms. The summed E-state index contributed by atoms with van der Waals surface area (Å²) < 4.78 is 10.6. The first-order valence-electron chi connectivity index (χ1n) is 13.2. The van der Waals surface area contributed by atoms with Crippen molar-refractivity contribution in [3.63, 3.8) is 0 Å². The van der Waals surface area contributed by atoms with Crippen LogP contribution in [0, 0.1) is 0 Å². The van der Waals surface area contributed by atoms with E-state index in [4.69, 9.17) is 21.1 Å². The van der Waals surface area contributed by atoms with Gasteiger partial charge in [-0.1, -0.05) is 29.8 Å². The molecule has 11 nitrogen and oxygen atoms in total. The number of ether oxygens (including phenoxy) is 2. The van der Waals surface area contributed by atoms with Crippen LogP contribution < -0.4 is 15.4 Å². The molecule has 1 aromatic carbocycles. The highest BCUT2D eigenvalue weighted by Gasteiger charge is 2.36. The van der Waals surface area contributed by atoms with Crippen molar-refractivity contribution in [3.05, 3.63) is 64.4 Å². The number of hydrogen-bond donors (Lipinski definition) is 4. The second-order valence-corrected chi connectivity index (χ2v) is 10.3. The Kier molecular flexibility index (Phi) is 8.77. The number of methoxy groups -OCH3 is 1. The molecule has 0 aliphatic carbocycles. The third-order valence-electron chi connectivity index (χ3n) is 7.35. The smallest absolute Gasteiger partial charge is 0.234 e. The summed E-state index contributed by atoms with van der Waals surface area (Å²) in [5.74, 6) is 0.517. The number of rotatable bonds is 9. The van der Waals surface area contributed by atoms with E-state index in [1.54, 1.807) is 29.3 Å². The van der Waals surface area contributed by atoms with Crippen LogP contribution in [-0.4, -0.2) is 75.5 Å². The molecule has 2 aliphatic rings. The zero-order chi connectivity index (χ0) is 28.2. The van der Waals surface area contributed by atoms with Gasteiger partial charge in [-0.05, 0) is 37.5 Å². The zero-order valence-electron chi connectivity index (χ0n) is 22.4. The summed E-state index contributed by atoms with van der Waals surface area (Å²) in [5, 5.41) is 27.7. The van der Waals surface area contributed by atoms with Gasteiger partial charge < -0.3 is 30.3 Å². The normalized spacial score (nSPS) is 20.1. The third kappa shape index (κ3) is 6.03. The highest BCUT2D eigenvalue weighted by Crippen LogP contribution is 2.42. The first-order valence-corrected chi connectivity index (χ1v) is 13.6. The number of carbonyl (C=O) groups excluding carboxylic acids is 1. The second kappa shape index (κ2) is 12.4. The van der Waals surface area contributed by atoms with E-state index in [0.29, 0.717) is 47.0 Å². The van der Waals surface area contributed by atoms with Crippen LogP contribution in [0.1, 0.15) is 54.9 Å². The first kappa shape index (κ1) is 28.2. The van der Waals surface area contributed by atoms with Gasteiger partial charge >= 0.3 is 0 Å². The summed E-state index contributed by atoms with van der Waals surface area (Å²) >= 11 is 6.49. The van der Waals surface area contributed by atoms with E-state index in [0.717, 1.165) is 24.0 Å². The maximum atomic E-state index is 13.0. The molecule has 0 saturated carbocycles. The molecule has 4 N–H and O–H groups in total. The van der Waals surface area contributed by atoms with Crippen LogP contribution in [0.5, 0.6) is 5.88 Å². The van der Waals surface area contributed by atoms with Gasteiger partial charge in [-0.25, -0.2) is 15.0 Å². The lowest BCUT2D eigenvalue weighted by molar-refractivity contribution is -0.127. The zero-order valence-corrected chi connectivity index (χ0v) is 23.1. The highest BCUT2D eigenvalue weighted by atomic mass is 35.5. The molecule has 0 bridgehead atoms. The van der Waals surface area contributed by atoms with E-state index in [2.05, 4.69) is 25.6 Å². The minimum atomic E-state index is -1.02. The highest BCUT2D eigenvalue weighted by molar-refractivity contribution is 6.32. The monoisotopic (exact) mass is 568 g/mol. The number of aromatic nitrogens is 3. The molecule has 1 amide bonds. The van der Waals surface area contributed by atoms with Gasteiger partial charge in [0.2, 0.25) is 17.7 Å². The lowest BCUT2D eigenvalue weighted by Gasteiger charge is -2.25. The van der Waals surface area contributed by atoms with Crippen molar-refractivity contribution in [1.29, 1.82) is 0 Å². The minimum absolute atomic E-state index is 0.0831. The van der Waals surface area contributed by atoms with Crippen molar-refractivity contribution in [1.82, 2.24) is 25.2 Å². The van der Waals surface area contributed by atoms with Crippen LogP contribution in [0.15, 0.2) is 42.6 Å². The number of anilines is 1. The van der Waals surface area contributed by atoms with E-state index in [1.165, 1.54) is 7.11 Å². The van der Waals surface area contributed by atoms with Crippen molar-refractivity contribution >= 4 is 23.5 Å². The van der Waals surface area contributed by atoms with Gasteiger partial charge in [0.05, 0.1) is 48.9 Å². The molecule has 1 fully saturated rings. The van der Waals surface area contributed by atoms with Gasteiger partial charge in [0.15, 0.2) is 0 Å². The summed E-state index contributed by atoms with van der Waals surface area (Å²) in [6.45, 7) is 2.92. The van der Waals surface area contributed by atoms with Crippen molar-refractivity contribution < 1.29 is 24.5 Å². The number of pyridine rings is 1. The molecular weight excluding hydrogens is 536 g/mol. The number of benzene rings is 1. The van der Waals surface area contributed by atoms with E-state index in [1.807, 2.05) is 25.1 Å². The predicted molar refractivity (Wildman–Crippen MR) is 149 cm³/mol. The fourth-order valence-electron chi connectivity index (χ4n) is 5.14. The Morgan fingerprint density at radius 1 is 1.23 bits per heavy atom. The Labute approximate surface area is 237 Å². The Morgan fingerprint density at radius 3 is 2.77 bits per heavy atom. The summed E-state index contributed by atoms with van der Waals surface area (Å²) in [7, 11) is 1.50. The number of amides is 1. The van der Waals surface area contributed by atoms with Gasteiger partial charge in [-0.3, -0.25) is 9.69 Å². The number of halogens is 1. The van der Waals surface area contributed by atoms with Crippen molar-refractivity contribution in [2.24, 2.45) is 0 Å². The fourth-order valence-corrected chi connectivity index (χ4v) is 5.34. The summed E-state index contributed by atoms with van der Waals surface area (Å²) in [6, 6.07) is 10.1. The van der Waals surface area contributed by atoms with Crippen LogP contribution in [0.2, 0.25) is 5.02 Å². The van der Waals surface area contributed by atoms with Gasteiger partial charge in [-0.2, -0.15) is 0 Å². The fraction of sp³-hybridized carbons (Fsp3) is 0.429. The Bertz CT molecular complexity index is 1350. The molecule has 1 saturated heterocycles. The Hall–Kier alpha value is -3.35. The number of aliphatic hydroxyl groups excluding tert-OH is 2. The summed E-state index contributed by atoms with van der Waals surface area (Å²) in [4.78, 5) is 28.0. The maximum Gasteiger partial charge on any atom is 0.234 e. The summed E-state index contributed by atoms with van der Waals surface area (Å²) in [5.41, 5.74) is 3.36. The number of fused-ring (bicyclic) bond motifs is 1. The number of aliphatic hydroxyl groups is 2. The molecule has 2 unspecified atom stereocenters. The predicted octanol–water partition coefficient (Wildman–Crippen LogP) is 3.01. The molecule has 2 aromatic heterocycles. The number of nitrogens with zero attached hydrogens (tertiary/aromatic N) is 4. The molecule has 3 aromatic rings. The minimum Gasteiger partial charge on any atom is -0.481 e. The second-order valence-electron chi connectivity index (χ2n) is 9.89. The Balaban J connectivity index is 1.30. The topological polar surface area (TPSA) is 142 Å². The molecule has 5 rings (SSSR count). The molecule has 0 spiro atoms. The van der Waals surface area contributed by atoms with Gasteiger partial charge in [-0.15, -0.1) is 0 Å². The first-order chi connectivity index (χ1) is 19.4. The lowest BCUT2D eigenvalue weighted by atomic mass is 10.0. The standard InChI is InChI=1S/C28H33ClN6O5/c1-16-19-7-6-17(26-21(29)13-30-28(34-26)31-18-8-10-40-11-9-18)12-20(19)27(38)35(16)14-24(37)32-23(15-36)22-4-3-5-25(33-22)39-2/h3-7,12-13,16,18,23,27,36,38H,8-11,14-15H2,1-2H3,(H,32,37)(H,30,31,34)/t16?,23-,27?/m1/s1. The van der Waals surface area contributed by atoms with Crippen molar-refractivity contribution in [2.75, 3.05) is 38.8 Å². The van der Waals surface area contributed by atoms with Gasteiger partial charge in [0, 0.05) is 42.5 Å². The van der Waals surface area contributed by atoms with E-state index >= 15 is 0 Å². The maximum absolute atomic E-state index is 13.0. The Morgan fingerprint density at radius 2 is 2.02 bits per heavy atom. The van der Waals surface area contributed by atoms with Crippen LogP contribution in [0.3, 0.4) is 0 Å². The lowest BCUT2D eigenvalue weighted by Crippen LogP contribution is -2.40. The molecule has 4 heterocycles. The number of nitrogens with one attached hydrogen (secondary N) is 2. The van der Waals surface area contributed by atoms with Crippen LogP contribution >= 0.6 is 11.6 Å². The van der Waals surface area contributed by atoms with Crippen LogP contribution in [-0.2, 0) is 9.53 Å². The van der Waals surface area contributed by atoms with Gasteiger partial charge in [0.1, 0.15) is 6.23 Å². The van der Waals surface area contributed by atoms with Crippen molar-refractivity contribution in [3.8, 4) is 17.1 Å². The molecule has 3 atom stereocenters. The van der Waals surface area contributed by atoms with Gasteiger partial charge in [0.25, 0.3) is 0 Å². The number of carbonyl (C=O) groups is 1. The molecule has 212 valence electrons. The molecule has 2 aliphatic heterocycles. The van der Waals surface area contributed by atoms with Crippen molar-refractivity contribution in [2.45, 2.75) is 44.1 Å². The average Bonchev–Trinajstić information content (AvgIpc) is 3.21. The van der Waals surface area contributed by atoms with E-state index < -0.39 is 12.3 Å². The van der Waals surface area contributed by atoms with Crippen LogP contribution in [0.4, 0.5) is 5.95 Å².